The van der Waals surface area contributed by atoms with E-state index in [1.165, 1.54) is 107 Å². The van der Waals surface area contributed by atoms with E-state index in [4.69, 9.17) is 8.83 Å². The average molecular weight is 1210 g/mol. The van der Waals surface area contributed by atoms with Crippen LogP contribution in [0.15, 0.2) is 324 Å². The lowest BCUT2D eigenvalue weighted by molar-refractivity contribution is 0.672. The Balaban J connectivity index is 0.000000132. The number of rotatable bonds is 7. The summed E-state index contributed by atoms with van der Waals surface area (Å²) in [7, 11) is 0. The van der Waals surface area contributed by atoms with E-state index >= 15 is 0 Å². The third-order valence-corrected chi connectivity index (χ3v) is 21.1. The van der Waals surface area contributed by atoms with E-state index in [9.17, 15) is 0 Å². The zero-order chi connectivity index (χ0) is 60.4. The Kier molecular flexibility index (Phi) is 12.0. The minimum atomic E-state index is 0.893. The Labute approximate surface area is 536 Å². The molecule has 0 amide bonds. The van der Waals surface area contributed by atoms with Crippen molar-refractivity contribution >= 4 is 140 Å². The molecular weight excluding hydrogens is 1160 g/mol. The van der Waals surface area contributed by atoms with Crippen molar-refractivity contribution in [3.8, 4) is 67.0 Å². The molecule has 6 heterocycles. The highest BCUT2D eigenvalue weighted by atomic mass is 32.1. The molecule has 0 bridgehead atoms. The standard InChI is InChI=1S/C44H27NOS.C42H25NOS/c1-3-14-28(15-4-1)30-21-11-24-36-40-33(23-13-27-39(40)47-44(30)36)31-18-7-8-19-32(31)34-22-12-26-38-41(34)42-43(46-38)35-20-9-10-25-37(35)45(42)29-16-5-2-6-17-29;1-2-13-27(14-3-1)43-35-21-9-8-18-33(35)41-40(43)39-32(19-10-22-36(39)44-41)30-17-7-6-16-29(30)31-20-11-23-37-38(31)34-25-24-26-12-4-5-15-28(26)42(34)45-37/h1-27H;1-25H. The first kappa shape index (κ1) is 52.4. The van der Waals surface area contributed by atoms with Gasteiger partial charge >= 0.3 is 0 Å². The number of para-hydroxylation sites is 4. The smallest absolute Gasteiger partial charge is 0.161 e. The SMILES string of the molecule is c1ccc(-c2cccc3c2sc2cccc(-c4ccccc4-c4cccc5oc6c7ccccc7n(-c7ccccc7)c6c45)c23)cc1.c1ccc(-n2c3ccccc3c3oc4cccc(-c5ccccc5-c5cccc6sc7c8ccccc8ccc7c56)c4c32)cc1. The third-order valence-electron chi connectivity index (χ3n) is 18.6. The molecule has 0 spiro atoms. The van der Waals surface area contributed by atoms with Crippen LogP contribution < -0.4 is 0 Å². The lowest BCUT2D eigenvalue weighted by Crippen LogP contribution is -1.94. The summed E-state index contributed by atoms with van der Waals surface area (Å²) in [6.45, 7) is 0. The highest BCUT2D eigenvalue weighted by Gasteiger charge is 2.26. The number of thiophene rings is 2. The van der Waals surface area contributed by atoms with Crippen molar-refractivity contribution in [3.05, 3.63) is 315 Å². The number of benzene rings is 14. The van der Waals surface area contributed by atoms with Crippen molar-refractivity contribution < 1.29 is 8.83 Å². The van der Waals surface area contributed by atoms with Crippen LogP contribution in [-0.4, -0.2) is 9.13 Å². The summed E-state index contributed by atoms with van der Waals surface area (Å²) in [6.07, 6.45) is 0. The van der Waals surface area contributed by atoms with Crippen LogP contribution in [0.1, 0.15) is 0 Å². The predicted octanol–water partition coefficient (Wildman–Crippen LogP) is 25.3. The molecule has 0 saturated carbocycles. The summed E-state index contributed by atoms with van der Waals surface area (Å²) in [5.41, 5.74) is 22.6. The number of fused-ring (bicyclic) bond motifs is 18. The number of hydrogen-bond acceptors (Lipinski definition) is 4. The highest BCUT2D eigenvalue weighted by Crippen LogP contribution is 2.51. The van der Waals surface area contributed by atoms with Gasteiger partial charge < -0.3 is 18.0 Å². The summed E-state index contributed by atoms with van der Waals surface area (Å²) in [5, 5.41) is 12.3. The van der Waals surface area contributed by atoms with Crippen LogP contribution in [0.25, 0.3) is 184 Å². The monoisotopic (exact) mass is 1210 g/mol. The molecule has 6 heteroatoms. The van der Waals surface area contributed by atoms with Crippen molar-refractivity contribution in [3.63, 3.8) is 0 Å². The van der Waals surface area contributed by atoms with E-state index in [1.807, 2.05) is 22.7 Å². The fourth-order valence-corrected chi connectivity index (χ4v) is 17.3. The molecule has 0 radical (unpaired) electrons. The molecule has 6 aromatic heterocycles. The number of furan rings is 2. The van der Waals surface area contributed by atoms with Gasteiger partial charge in [0.2, 0.25) is 0 Å². The van der Waals surface area contributed by atoms with Crippen molar-refractivity contribution in [2.24, 2.45) is 0 Å². The lowest BCUT2D eigenvalue weighted by Gasteiger charge is -2.14. The molecule has 0 aliphatic heterocycles. The Morgan fingerprint density at radius 2 is 0.609 bits per heavy atom. The molecule has 0 aliphatic carbocycles. The Morgan fingerprint density at radius 1 is 0.239 bits per heavy atom. The van der Waals surface area contributed by atoms with Gasteiger partial charge in [-0.15, -0.1) is 22.7 Å². The minimum absolute atomic E-state index is 0.893. The maximum Gasteiger partial charge on any atom is 0.161 e. The minimum Gasteiger partial charge on any atom is -0.454 e. The second-order valence-corrected chi connectivity index (χ2v) is 25.8. The van der Waals surface area contributed by atoms with Crippen molar-refractivity contribution in [1.29, 1.82) is 0 Å². The van der Waals surface area contributed by atoms with Gasteiger partial charge in [-0.1, -0.05) is 243 Å². The van der Waals surface area contributed by atoms with Gasteiger partial charge in [-0.25, -0.2) is 0 Å². The molecule has 20 aromatic rings. The van der Waals surface area contributed by atoms with Gasteiger partial charge in [0.15, 0.2) is 11.2 Å². The van der Waals surface area contributed by atoms with E-state index < -0.39 is 0 Å². The van der Waals surface area contributed by atoms with E-state index in [0.717, 1.165) is 77.3 Å². The second kappa shape index (κ2) is 21.0. The third kappa shape index (κ3) is 8.01. The maximum atomic E-state index is 6.73. The van der Waals surface area contributed by atoms with Crippen LogP contribution in [0.2, 0.25) is 0 Å². The van der Waals surface area contributed by atoms with Crippen molar-refractivity contribution in [2.75, 3.05) is 0 Å². The van der Waals surface area contributed by atoms with Crippen LogP contribution in [0.5, 0.6) is 0 Å². The lowest BCUT2D eigenvalue weighted by atomic mass is 9.90. The fraction of sp³-hybridized carbons (Fsp3) is 0. The van der Waals surface area contributed by atoms with Crippen LogP contribution in [-0.2, 0) is 0 Å². The van der Waals surface area contributed by atoms with Crippen LogP contribution in [0.3, 0.4) is 0 Å². The summed E-state index contributed by atoms with van der Waals surface area (Å²) in [6, 6.07) is 113. The van der Waals surface area contributed by atoms with Gasteiger partial charge in [0.1, 0.15) is 22.2 Å². The summed E-state index contributed by atoms with van der Waals surface area (Å²) in [4.78, 5) is 0. The zero-order valence-electron chi connectivity index (χ0n) is 49.5. The molecule has 92 heavy (non-hydrogen) atoms. The van der Waals surface area contributed by atoms with Crippen LogP contribution in [0.4, 0.5) is 0 Å². The second-order valence-electron chi connectivity index (χ2n) is 23.7. The predicted molar refractivity (Wildman–Crippen MR) is 392 cm³/mol. The molecule has 4 nitrogen and oxygen atoms in total. The molecule has 0 saturated heterocycles. The summed E-state index contributed by atoms with van der Waals surface area (Å²) >= 11 is 3.77. The van der Waals surface area contributed by atoms with Crippen LogP contribution >= 0.6 is 22.7 Å². The molecule has 0 fully saturated rings. The van der Waals surface area contributed by atoms with Gasteiger partial charge in [0.05, 0.1) is 21.8 Å². The fourth-order valence-electron chi connectivity index (χ4n) is 14.8. The highest BCUT2D eigenvalue weighted by molar-refractivity contribution is 7.27. The van der Waals surface area contributed by atoms with Crippen LogP contribution in [0, 0.1) is 0 Å². The van der Waals surface area contributed by atoms with Crippen molar-refractivity contribution in [1.82, 2.24) is 9.13 Å². The van der Waals surface area contributed by atoms with Crippen molar-refractivity contribution in [2.45, 2.75) is 0 Å². The number of nitrogens with zero attached hydrogens (tertiary/aromatic N) is 2. The molecule has 20 rings (SSSR count). The van der Waals surface area contributed by atoms with E-state index in [1.54, 1.807) is 0 Å². The number of hydrogen-bond donors (Lipinski definition) is 0. The topological polar surface area (TPSA) is 36.1 Å². The summed E-state index contributed by atoms with van der Waals surface area (Å²) < 4.78 is 23.4. The Morgan fingerprint density at radius 3 is 1.13 bits per heavy atom. The molecular formula is C86H52N2O2S2. The van der Waals surface area contributed by atoms with E-state index in [0.29, 0.717) is 0 Å². The van der Waals surface area contributed by atoms with E-state index in [-0.39, 0.29) is 0 Å². The summed E-state index contributed by atoms with van der Waals surface area (Å²) in [5.74, 6) is 0. The quantitative estimate of drug-likeness (QED) is 0.159. The van der Waals surface area contributed by atoms with Gasteiger partial charge in [-0.05, 0) is 139 Å². The molecule has 430 valence electrons. The van der Waals surface area contributed by atoms with E-state index in [2.05, 4.69) is 325 Å². The average Bonchev–Trinajstić information content (AvgIpc) is 1.59. The van der Waals surface area contributed by atoms with Gasteiger partial charge in [-0.3, -0.25) is 0 Å². The van der Waals surface area contributed by atoms with Gasteiger partial charge in [0.25, 0.3) is 0 Å². The first-order valence-corrected chi connectivity index (χ1v) is 32.9. The Bertz CT molecular complexity index is 6320. The van der Waals surface area contributed by atoms with Gasteiger partial charge in [0, 0.05) is 62.5 Å². The maximum absolute atomic E-state index is 6.73. The zero-order valence-corrected chi connectivity index (χ0v) is 51.2. The molecule has 0 aliphatic rings. The molecule has 0 atom stereocenters. The molecule has 0 unspecified atom stereocenters. The molecule has 14 aromatic carbocycles. The Hall–Kier alpha value is -11.5. The first-order chi connectivity index (χ1) is 45.7. The normalized spacial score (nSPS) is 11.9. The number of aromatic nitrogens is 2. The molecule has 0 N–H and O–H groups in total. The van der Waals surface area contributed by atoms with Gasteiger partial charge in [-0.2, -0.15) is 0 Å². The first-order valence-electron chi connectivity index (χ1n) is 31.2. The largest absolute Gasteiger partial charge is 0.454 e.